The number of hydrogen-bond donors (Lipinski definition) is 1. The molecule has 0 atom stereocenters. The molecule has 27 heavy (non-hydrogen) atoms. The fraction of sp³-hybridized carbons (Fsp3) is 0.450. The van der Waals surface area contributed by atoms with Crippen molar-refractivity contribution in [2.45, 2.75) is 44.0 Å². The summed E-state index contributed by atoms with van der Waals surface area (Å²) in [4.78, 5) is 13.2. The molecule has 2 heterocycles. The van der Waals surface area contributed by atoms with Crippen molar-refractivity contribution in [3.05, 3.63) is 52.2 Å². The number of nitrogens with one attached hydrogen (secondary N) is 1. The Bertz CT molecular complexity index is 851. The molecule has 7 heteroatoms. The highest BCUT2D eigenvalue weighted by Gasteiger charge is 2.30. The lowest BCUT2D eigenvalue weighted by Gasteiger charge is -2.31. The Hall–Kier alpha value is -1.70. The minimum absolute atomic E-state index is 0.0134. The van der Waals surface area contributed by atoms with Crippen molar-refractivity contribution in [2.75, 3.05) is 13.1 Å². The molecule has 0 unspecified atom stereocenters. The third-order valence-electron chi connectivity index (χ3n) is 4.74. The van der Waals surface area contributed by atoms with E-state index in [-0.39, 0.29) is 11.9 Å². The van der Waals surface area contributed by atoms with Gasteiger partial charge in [0.2, 0.25) is 10.0 Å². The molecule has 1 N–H and O–H groups in total. The molecule has 1 aromatic carbocycles. The molecule has 2 aromatic rings. The van der Waals surface area contributed by atoms with Gasteiger partial charge in [-0.2, -0.15) is 4.31 Å². The Kier molecular flexibility index (Phi) is 6.34. The number of nitrogens with zero attached hydrogens (tertiary/aromatic N) is 1. The standard InChI is InChI=1S/C20H26N2O3S2/c1-15(2)14-16-5-7-18(8-6-16)27(24,25)22-11-9-17(10-12-22)21-20(23)19-4-3-13-26-19/h3-8,13,15,17H,9-12,14H2,1-2H3,(H,21,23). The largest absolute Gasteiger partial charge is 0.349 e. The minimum atomic E-state index is -3.48. The summed E-state index contributed by atoms with van der Waals surface area (Å²) < 4.78 is 27.3. The second-order valence-corrected chi connectivity index (χ2v) is 10.3. The van der Waals surface area contributed by atoms with Gasteiger partial charge in [-0.1, -0.05) is 32.0 Å². The van der Waals surface area contributed by atoms with E-state index >= 15 is 0 Å². The molecule has 0 aliphatic carbocycles. The maximum absolute atomic E-state index is 12.9. The topological polar surface area (TPSA) is 66.5 Å². The van der Waals surface area contributed by atoms with E-state index in [9.17, 15) is 13.2 Å². The monoisotopic (exact) mass is 406 g/mol. The van der Waals surface area contributed by atoms with Crippen molar-refractivity contribution in [3.8, 4) is 0 Å². The van der Waals surface area contributed by atoms with Crippen LogP contribution in [0, 0.1) is 5.92 Å². The summed E-state index contributed by atoms with van der Waals surface area (Å²) in [6.45, 7) is 5.13. The van der Waals surface area contributed by atoms with Gasteiger partial charge in [0.1, 0.15) is 0 Å². The lowest BCUT2D eigenvalue weighted by Crippen LogP contribution is -2.46. The van der Waals surface area contributed by atoms with E-state index in [1.54, 1.807) is 18.2 Å². The molecule has 1 amide bonds. The lowest BCUT2D eigenvalue weighted by molar-refractivity contribution is 0.0928. The minimum Gasteiger partial charge on any atom is -0.349 e. The summed E-state index contributed by atoms with van der Waals surface area (Å²) in [6, 6.07) is 10.9. The first-order chi connectivity index (χ1) is 12.9. The van der Waals surface area contributed by atoms with Gasteiger partial charge in [-0.15, -0.1) is 11.3 Å². The number of carbonyl (C=O) groups excluding carboxylic acids is 1. The van der Waals surface area contributed by atoms with Gasteiger partial charge >= 0.3 is 0 Å². The Morgan fingerprint density at radius 2 is 1.85 bits per heavy atom. The average molecular weight is 407 g/mol. The van der Waals surface area contributed by atoms with Crippen molar-refractivity contribution in [1.82, 2.24) is 9.62 Å². The van der Waals surface area contributed by atoms with Crippen LogP contribution in [0.5, 0.6) is 0 Å². The van der Waals surface area contributed by atoms with Crippen molar-refractivity contribution in [2.24, 2.45) is 5.92 Å². The number of carbonyl (C=O) groups is 1. The Balaban J connectivity index is 1.58. The maximum Gasteiger partial charge on any atom is 0.261 e. The van der Waals surface area contributed by atoms with E-state index in [0.29, 0.717) is 41.6 Å². The highest BCUT2D eigenvalue weighted by molar-refractivity contribution is 7.89. The van der Waals surface area contributed by atoms with Crippen LogP contribution < -0.4 is 5.32 Å². The van der Waals surface area contributed by atoms with Crippen molar-refractivity contribution < 1.29 is 13.2 Å². The number of rotatable bonds is 6. The van der Waals surface area contributed by atoms with Gasteiger partial charge in [0.25, 0.3) is 5.91 Å². The zero-order chi connectivity index (χ0) is 19.4. The van der Waals surface area contributed by atoms with Crippen LogP contribution in [-0.4, -0.2) is 37.8 Å². The van der Waals surface area contributed by atoms with Crippen LogP contribution in [0.25, 0.3) is 0 Å². The van der Waals surface area contributed by atoms with Crippen LogP contribution in [0.1, 0.15) is 41.9 Å². The van der Waals surface area contributed by atoms with Gasteiger partial charge < -0.3 is 5.32 Å². The summed E-state index contributed by atoms with van der Waals surface area (Å²) in [5.74, 6) is 0.461. The third kappa shape index (κ3) is 4.97. The molecule has 0 saturated carbocycles. The normalized spacial score (nSPS) is 16.6. The quantitative estimate of drug-likeness (QED) is 0.798. The summed E-state index contributed by atoms with van der Waals surface area (Å²) >= 11 is 1.41. The van der Waals surface area contributed by atoms with E-state index in [2.05, 4.69) is 19.2 Å². The Labute approximate surface area is 165 Å². The molecule has 146 valence electrons. The first kappa shape index (κ1) is 20.0. The first-order valence-electron chi connectivity index (χ1n) is 9.29. The summed E-state index contributed by atoms with van der Waals surface area (Å²) in [5, 5.41) is 4.88. The van der Waals surface area contributed by atoms with Gasteiger partial charge in [0.15, 0.2) is 0 Å². The number of sulfonamides is 1. The molecular formula is C20H26N2O3S2. The van der Waals surface area contributed by atoms with Crippen molar-refractivity contribution in [1.29, 1.82) is 0 Å². The highest BCUT2D eigenvalue weighted by Crippen LogP contribution is 2.22. The van der Waals surface area contributed by atoms with E-state index in [1.165, 1.54) is 15.6 Å². The van der Waals surface area contributed by atoms with Gasteiger partial charge in [-0.05, 0) is 54.3 Å². The SMILES string of the molecule is CC(C)Cc1ccc(S(=O)(=O)N2CCC(NC(=O)c3cccs3)CC2)cc1. The van der Waals surface area contributed by atoms with E-state index in [1.807, 2.05) is 23.6 Å². The summed E-state index contributed by atoms with van der Waals surface area (Å²) in [7, 11) is -3.48. The molecule has 5 nitrogen and oxygen atoms in total. The maximum atomic E-state index is 12.9. The zero-order valence-corrected chi connectivity index (χ0v) is 17.4. The van der Waals surface area contributed by atoms with E-state index in [0.717, 1.165) is 12.0 Å². The smallest absolute Gasteiger partial charge is 0.261 e. The molecule has 1 aromatic heterocycles. The average Bonchev–Trinajstić information content (AvgIpc) is 3.17. The molecule has 1 saturated heterocycles. The molecule has 0 spiro atoms. The molecular weight excluding hydrogens is 380 g/mol. The number of piperidine rings is 1. The van der Waals surface area contributed by atoms with Crippen LogP contribution >= 0.6 is 11.3 Å². The summed E-state index contributed by atoms with van der Waals surface area (Å²) in [5.41, 5.74) is 1.15. The Morgan fingerprint density at radius 1 is 1.19 bits per heavy atom. The summed E-state index contributed by atoms with van der Waals surface area (Å²) in [6.07, 6.45) is 2.19. The van der Waals surface area contributed by atoms with Crippen LogP contribution in [0.2, 0.25) is 0 Å². The molecule has 1 fully saturated rings. The fourth-order valence-electron chi connectivity index (χ4n) is 3.32. The lowest BCUT2D eigenvalue weighted by atomic mass is 10.0. The Morgan fingerprint density at radius 3 is 2.41 bits per heavy atom. The van der Waals surface area contributed by atoms with Gasteiger partial charge in [-0.3, -0.25) is 4.79 Å². The molecule has 1 aliphatic rings. The fourth-order valence-corrected chi connectivity index (χ4v) is 5.42. The number of benzene rings is 1. The zero-order valence-electron chi connectivity index (χ0n) is 15.7. The second-order valence-electron chi connectivity index (χ2n) is 7.37. The van der Waals surface area contributed by atoms with Crippen molar-refractivity contribution >= 4 is 27.3 Å². The van der Waals surface area contributed by atoms with Crippen LogP contribution in [0.15, 0.2) is 46.7 Å². The second kappa shape index (κ2) is 8.54. The van der Waals surface area contributed by atoms with Crippen LogP contribution in [0.4, 0.5) is 0 Å². The molecule has 0 radical (unpaired) electrons. The third-order valence-corrected chi connectivity index (χ3v) is 7.52. The van der Waals surface area contributed by atoms with Crippen molar-refractivity contribution in [3.63, 3.8) is 0 Å². The molecule has 3 rings (SSSR count). The number of hydrogen-bond acceptors (Lipinski definition) is 4. The van der Waals surface area contributed by atoms with Gasteiger partial charge in [0.05, 0.1) is 9.77 Å². The highest BCUT2D eigenvalue weighted by atomic mass is 32.2. The van der Waals surface area contributed by atoms with E-state index < -0.39 is 10.0 Å². The predicted molar refractivity (Wildman–Crippen MR) is 109 cm³/mol. The van der Waals surface area contributed by atoms with Gasteiger partial charge in [-0.25, -0.2) is 8.42 Å². The number of thiophene rings is 1. The first-order valence-corrected chi connectivity index (χ1v) is 11.6. The van der Waals surface area contributed by atoms with E-state index in [4.69, 9.17) is 0 Å². The molecule has 1 aliphatic heterocycles. The predicted octanol–water partition coefficient (Wildman–Crippen LogP) is 3.53. The number of amides is 1. The van der Waals surface area contributed by atoms with Crippen LogP contribution in [-0.2, 0) is 16.4 Å². The van der Waals surface area contributed by atoms with Gasteiger partial charge in [0, 0.05) is 19.1 Å². The van der Waals surface area contributed by atoms with Crippen LogP contribution in [0.3, 0.4) is 0 Å². The molecule has 0 bridgehead atoms.